The van der Waals surface area contributed by atoms with Crippen molar-refractivity contribution in [2.45, 2.75) is 87.4 Å². The van der Waals surface area contributed by atoms with Crippen LogP contribution >= 0.6 is 17.2 Å². The van der Waals surface area contributed by atoms with Crippen LogP contribution in [0.2, 0.25) is 0 Å². The van der Waals surface area contributed by atoms with Gasteiger partial charge in [-0.2, -0.15) is 0 Å². The van der Waals surface area contributed by atoms with E-state index in [-0.39, 0.29) is 7.35 Å². The van der Waals surface area contributed by atoms with Crippen LogP contribution in [-0.4, -0.2) is 17.4 Å². The van der Waals surface area contributed by atoms with Crippen LogP contribution in [-0.2, 0) is 38.3 Å². The van der Waals surface area contributed by atoms with Crippen LogP contribution in [0.5, 0.6) is 0 Å². The minimum absolute atomic E-state index is 0.365. The van der Waals surface area contributed by atoms with Crippen molar-refractivity contribution >= 4 is 46.7 Å². The maximum atomic E-state index is 12.6. The molecule has 2 N–H and O–H groups in total. The molecule has 0 aromatic heterocycles. The van der Waals surface area contributed by atoms with Crippen molar-refractivity contribution in [2.75, 3.05) is 0 Å². The van der Waals surface area contributed by atoms with E-state index >= 15 is 0 Å². The summed E-state index contributed by atoms with van der Waals surface area (Å²) >= 11 is -6.03. The Morgan fingerprint density at radius 2 is 1.00 bits per heavy atom. The van der Waals surface area contributed by atoms with Gasteiger partial charge in [-0.25, -0.2) is 0 Å². The summed E-state index contributed by atoms with van der Waals surface area (Å²) in [6.45, 7) is 13.4. The van der Waals surface area contributed by atoms with Crippen molar-refractivity contribution in [3.05, 3.63) is 129 Å². The predicted molar refractivity (Wildman–Crippen MR) is 228 cm³/mol. The molecule has 0 bridgehead atoms. The first-order valence-electron chi connectivity index (χ1n) is 19.8. The van der Waals surface area contributed by atoms with Crippen LogP contribution in [0.15, 0.2) is 96.1 Å². The van der Waals surface area contributed by atoms with Crippen molar-refractivity contribution < 1.29 is 25.5 Å². The number of nitrogens with one attached hydrogen (secondary N) is 2. The Balaban J connectivity index is 1.65. The fraction of sp³-hybridized carbons (Fsp3) is 0.348. The topological polar surface area (TPSA) is 58.2 Å². The zero-order chi connectivity index (χ0) is 38.6. The Morgan fingerprint density at radius 1 is 0.611 bits per heavy atom. The van der Waals surface area contributed by atoms with Gasteiger partial charge < -0.3 is 0 Å². The van der Waals surface area contributed by atoms with E-state index in [9.17, 15) is 9.59 Å². The standard InChI is InChI=1S/2C22H25.C2H3BN2O2.2ClH.Hf/c2*1-4-8-17-14-19-10-7-12-21(22(19)15-17)20-11-6-5-9-18(20)13-16(2)3;6-1-4-3-5-2-7;;;/h2*5-7,9-12,14-16H,4,8,13H2,1-3H3;1-2H,(H-,4,5,6,7);2*1H;/q;;;;;+1/p-1. The van der Waals surface area contributed by atoms with Gasteiger partial charge in [0.2, 0.25) is 0 Å². The van der Waals surface area contributed by atoms with E-state index in [2.05, 4.69) is 149 Å². The van der Waals surface area contributed by atoms with Crippen molar-refractivity contribution in [2.24, 2.45) is 11.8 Å². The van der Waals surface area contributed by atoms with Gasteiger partial charge in [0, 0.05) is 0 Å². The normalized spacial score (nSPS) is 17.0. The second-order valence-corrected chi connectivity index (χ2v) is 46.6. The summed E-state index contributed by atoms with van der Waals surface area (Å²) in [5.74, 6) is 0.997. The summed E-state index contributed by atoms with van der Waals surface area (Å²) in [5, 5.41) is 6.03. The molecule has 281 valence electrons. The third-order valence-electron chi connectivity index (χ3n) is 11.4. The molecule has 2 atom stereocenters. The van der Waals surface area contributed by atoms with Crippen LogP contribution in [0.3, 0.4) is 0 Å². The fourth-order valence-electron chi connectivity index (χ4n) is 9.52. The molecule has 4 aromatic rings. The molecular formula is C46H54BCl2HfN2O2. The summed E-state index contributed by atoms with van der Waals surface area (Å²) in [6, 6.07) is 30.4. The number of allylic oxidation sites excluding steroid dienone is 2. The summed E-state index contributed by atoms with van der Waals surface area (Å²) in [4.78, 5) is 25.1. The summed E-state index contributed by atoms with van der Waals surface area (Å²) in [5.41, 5.74) is 14.2. The molecule has 8 heteroatoms. The zero-order valence-electron chi connectivity index (χ0n) is 32.6. The molecule has 0 saturated carbocycles. The van der Waals surface area contributed by atoms with Gasteiger partial charge in [-0.1, -0.05) is 0 Å². The number of benzene rings is 4. The first kappa shape index (κ1) is 40.5. The first-order valence-corrected chi connectivity index (χ1v) is 34.9. The van der Waals surface area contributed by atoms with E-state index < -0.39 is 20.5 Å². The van der Waals surface area contributed by atoms with Crippen molar-refractivity contribution in [3.63, 3.8) is 0 Å². The van der Waals surface area contributed by atoms with Crippen molar-refractivity contribution in [1.82, 2.24) is 10.5 Å². The molecule has 2 aliphatic rings. The van der Waals surface area contributed by atoms with Gasteiger partial charge in [0.15, 0.2) is 0 Å². The average Bonchev–Trinajstić information content (AvgIpc) is 3.71. The van der Waals surface area contributed by atoms with E-state index in [0.717, 1.165) is 71.9 Å². The van der Waals surface area contributed by atoms with Crippen LogP contribution in [0.4, 0.5) is 0 Å². The van der Waals surface area contributed by atoms with Gasteiger partial charge >= 0.3 is 334 Å². The summed E-state index contributed by atoms with van der Waals surface area (Å²) < 4.78 is -1.66. The number of amides is 2. The summed E-state index contributed by atoms with van der Waals surface area (Å²) in [6.07, 6.45) is 11.3. The third kappa shape index (κ3) is 7.40. The van der Waals surface area contributed by atoms with Gasteiger partial charge in [0.25, 0.3) is 0 Å². The molecule has 0 aliphatic heterocycles. The molecule has 2 amide bonds. The maximum absolute atomic E-state index is 12.6. The molecule has 54 heavy (non-hydrogen) atoms. The van der Waals surface area contributed by atoms with Crippen molar-refractivity contribution in [3.8, 4) is 22.3 Å². The first-order chi connectivity index (χ1) is 26.0. The van der Waals surface area contributed by atoms with Gasteiger partial charge in [0.1, 0.15) is 0 Å². The third-order valence-corrected chi connectivity index (χ3v) is 40.1. The van der Waals surface area contributed by atoms with Crippen LogP contribution < -0.4 is 10.5 Å². The van der Waals surface area contributed by atoms with Gasteiger partial charge in [-0.3, -0.25) is 0 Å². The van der Waals surface area contributed by atoms with Gasteiger partial charge in [-0.05, 0) is 0 Å². The van der Waals surface area contributed by atoms with E-state index in [1.165, 1.54) is 33.4 Å². The van der Waals surface area contributed by atoms with Crippen LogP contribution in [0.1, 0.15) is 108 Å². The van der Waals surface area contributed by atoms with Crippen molar-refractivity contribution in [1.29, 1.82) is 0 Å². The number of hydrogen-bond acceptors (Lipinski definition) is 2. The SMILES string of the molecule is CCCC1=Cc2c(-c3ccccc3CC(C)C)cccc2[CH]1[Hf]([Cl])([Cl])([B](NC=O)NC=O)[CH]1C(CCC)=Cc2c(-c3ccccc3CC(C)C)cccc21. The zero-order valence-corrected chi connectivity index (χ0v) is 37.7. The second-order valence-electron chi connectivity index (χ2n) is 16.2. The van der Waals surface area contributed by atoms with E-state index in [0.29, 0.717) is 24.7 Å². The molecule has 4 aromatic carbocycles. The predicted octanol–water partition coefficient (Wildman–Crippen LogP) is 12.1. The monoisotopic (exact) mass is 927 g/mol. The number of rotatable bonds is 17. The molecule has 2 aliphatic carbocycles. The number of hydrogen-bond donors (Lipinski definition) is 2. The number of carbonyl (C=O) groups is 2. The molecule has 0 fully saturated rings. The molecule has 0 radical (unpaired) electrons. The van der Waals surface area contributed by atoms with E-state index in [4.69, 9.17) is 17.2 Å². The number of halogens is 2. The Labute approximate surface area is 331 Å². The van der Waals surface area contributed by atoms with E-state index in [1.807, 2.05) is 0 Å². The fourth-order valence-corrected chi connectivity index (χ4v) is 39.2. The number of carbonyl (C=O) groups excluding carboxylic acids is 2. The Bertz CT molecular complexity index is 1950. The Hall–Kier alpha value is -3.18. The van der Waals surface area contributed by atoms with Gasteiger partial charge in [0.05, 0.1) is 0 Å². The van der Waals surface area contributed by atoms with Gasteiger partial charge in [-0.15, -0.1) is 0 Å². The van der Waals surface area contributed by atoms with E-state index in [1.54, 1.807) is 0 Å². The van der Waals surface area contributed by atoms with Crippen LogP contribution in [0.25, 0.3) is 34.4 Å². The Kier molecular flexibility index (Phi) is 12.7. The Morgan fingerprint density at radius 3 is 1.37 bits per heavy atom. The molecule has 6 rings (SSSR count). The average molecular weight is 927 g/mol. The molecule has 0 heterocycles. The quantitative estimate of drug-likeness (QED) is 0.0819. The minimum atomic E-state index is -6.03. The number of fused-ring (bicyclic) bond motifs is 2. The second kappa shape index (κ2) is 16.9. The molecule has 0 saturated heterocycles. The molecule has 2 unspecified atom stereocenters. The molecular weight excluding hydrogens is 873 g/mol. The molecule has 4 nitrogen and oxygen atoms in total. The van der Waals surface area contributed by atoms with Crippen LogP contribution in [0, 0.1) is 11.8 Å². The summed E-state index contributed by atoms with van der Waals surface area (Å²) in [7, 11) is 17.4. The molecule has 0 spiro atoms.